The molecule has 13 heteroatoms. The van der Waals surface area contributed by atoms with Crippen LogP contribution in [0.3, 0.4) is 0 Å². The van der Waals surface area contributed by atoms with E-state index in [2.05, 4.69) is 10.6 Å². The number of nitrogens with zero attached hydrogens (tertiary/aromatic N) is 3. The molecule has 2 N–H and O–H groups in total. The maximum atomic E-state index is 13.2. The highest BCUT2D eigenvalue weighted by Gasteiger charge is 2.42. The summed E-state index contributed by atoms with van der Waals surface area (Å²) >= 11 is 8.28. The third-order valence-electron chi connectivity index (χ3n) is 8.22. The van der Waals surface area contributed by atoms with Gasteiger partial charge in [0.1, 0.15) is 41.0 Å². The molecule has 4 atom stereocenters. The number of Topliss-reactive ketones (excluding diaryl/α,β-unsaturated/α-hetero) is 1. The summed E-state index contributed by atoms with van der Waals surface area (Å²) in [7, 11) is 1.57. The molecule has 4 aliphatic rings. The smallest absolute Gasteiger partial charge is 0.407 e. The SMILES string of the molecule is COC1=CC(C)C2C(OC3C[C@@H](C(C)=O)N(C(=O)CNC(=O)OC4CCCC4)C3)=CC(c3csc(NC(C)C)n3)=NC2=C1Cl. The number of aromatic nitrogens is 1. The Kier molecular flexibility index (Phi) is 9.99. The van der Waals surface area contributed by atoms with Crippen molar-refractivity contribution in [1.82, 2.24) is 15.2 Å². The number of alkyl carbamates (subject to hydrolysis) is 1. The van der Waals surface area contributed by atoms with Gasteiger partial charge in [0, 0.05) is 23.9 Å². The van der Waals surface area contributed by atoms with Crippen molar-refractivity contribution in [2.75, 3.05) is 25.5 Å². The predicted molar refractivity (Wildman–Crippen MR) is 169 cm³/mol. The Morgan fingerprint density at radius 3 is 2.64 bits per heavy atom. The summed E-state index contributed by atoms with van der Waals surface area (Å²) in [5.74, 6) is 0.328. The molecule has 0 radical (unpaired) electrons. The molecule has 11 nitrogen and oxygen atoms in total. The molecule has 1 saturated carbocycles. The van der Waals surface area contributed by atoms with Gasteiger partial charge in [0.25, 0.3) is 0 Å². The fourth-order valence-corrected chi connectivity index (χ4v) is 7.26. The average Bonchev–Trinajstić information content (AvgIpc) is 3.75. The number of carbonyl (C=O) groups is 3. The number of methoxy groups -OCH3 is 1. The van der Waals surface area contributed by atoms with Crippen LogP contribution in [0.1, 0.15) is 65.5 Å². The standard InChI is InChI=1S/C31H40ClN5O6S/c1-16(2)34-30-36-22(15-44-30)21-12-24(27-17(3)10-25(41-5)28(32)29(27)35-21)42-20-11-23(18(4)38)37(14-20)26(39)13-33-31(40)43-19-8-6-7-9-19/h10,12,15-17,19-20,23,27H,6-9,11,13-14H2,1-5H3,(H,33,40)(H,34,36)/t17?,20?,23-,27?/m0/s1. The van der Waals surface area contributed by atoms with E-state index in [4.69, 9.17) is 35.8 Å². The van der Waals surface area contributed by atoms with Gasteiger partial charge in [-0.2, -0.15) is 0 Å². The van der Waals surface area contributed by atoms with Crippen LogP contribution in [0.2, 0.25) is 0 Å². The fourth-order valence-electron chi connectivity index (χ4n) is 6.10. The highest BCUT2D eigenvalue weighted by atomic mass is 35.5. The van der Waals surface area contributed by atoms with Crippen LogP contribution in [0.5, 0.6) is 0 Å². The van der Waals surface area contributed by atoms with E-state index in [9.17, 15) is 14.4 Å². The minimum Gasteiger partial charge on any atom is -0.495 e. The van der Waals surface area contributed by atoms with Gasteiger partial charge in [0.2, 0.25) is 5.91 Å². The van der Waals surface area contributed by atoms with Gasteiger partial charge in [0.05, 0.1) is 37.0 Å². The van der Waals surface area contributed by atoms with Gasteiger partial charge in [-0.25, -0.2) is 14.8 Å². The molecule has 3 unspecified atom stereocenters. The number of aliphatic imine (C=N–C) groups is 1. The van der Waals surface area contributed by atoms with Crippen LogP contribution in [-0.2, 0) is 23.8 Å². The minimum atomic E-state index is -0.664. The summed E-state index contributed by atoms with van der Waals surface area (Å²) < 4.78 is 17.6. The number of hydrogen-bond donors (Lipinski definition) is 2. The molecule has 0 aromatic carbocycles. The molecule has 1 saturated heterocycles. The lowest BCUT2D eigenvalue weighted by Gasteiger charge is -2.34. The molecular weight excluding hydrogens is 606 g/mol. The number of fused-ring (bicyclic) bond motifs is 1. The first kappa shape index (κ1) is 32.0. The van der Waals surface area contributed by atoms with Gasteiger partial charge in [-0.1, -0.05) is 18.5 Å². The van der Waals surface area contributed by atoms with Crippen LogP contribution in [0.15, 0.2) is 44.8 Å². The normalized spacial score (nSPS) is 25.2. The molecule has 238 valence electrons. The molecule has 5 rings (SSSR count). The zero-order valence-corrected chi connectivity index (χ0v) is 27.3. The number of anilines is 1. The number of nitrogens with one attached hydrogen (secondary N) is 2. The largest absolute Gasteiger partial charge is 0.495 e. The number of carbonyl (C=O) groups excluding carboxylic acids is 3. The van der Waals surface area contributed by atoms with E-state index in [0.29, 0.717) is 40.1 Å². The van der Waals surface area contributed by atoms with Crippen molar-refractivity contribution in [2.45, 2.75) is 84.1 Å². The number of ketones is 1. The number of ether oxygens (including phenoxy) is 3. The molecular formula is C31H40ClN5O6S. The molecule has 2 aliphatic carbocycles. The maximum Gasteiger partial charge on any atom is 0.407 e. The Morgan fingerprint density at radius 1 is 1.20 bits per heavy atom. The van der Waals surface area contributed by atoms with E-state index in [1.54, 1.807) is 7.11 Å². The predicted octanol–water partition coefficient (Wildman–Crippen LogP) is 5.14. The monoisotopic (exact) mass is 645 g/mol. The summed E-state index contributed by atoms with van der Waals surface area (Å²) in [4.78, 5) is 49.2. The van der Waals surface area contributed by atoms with Gasteiger partial charge in [-0.05, 0) is 58.4 Å². The third kappa shape index (κ3) is 7.12. The van der Waals surface area contributed by atoms with Crippen molar-refractivity contribution < 1.29 is 28.6 Å². The zero-order valence-electron chi connectivity index (χ0n) is 25.7. The Bertz CT molecular complexity index is 1410. The first-order chi connectivity index (χ1) is 21.0. The molecule has 2 aliphatic heterocycles. The number of amides is 2. The van der Waals surface area contributed by atoms with Crippen LogP contribution in [0.4, 0.5) is 9.93 Å². The Balaban J connectivity index is 1.34. The van der Waals surface area contributed by atoms with Gasteiger partial charge >= 0.3 is 6.09 Å². The van der Waals surface area contributed by atoms with Gasteiger partial charge < -0.3 is 29.7 Å². The van der Waals surface area contributed by atoms with Crippen molar-refractivity contribution in [3.8, 4) is 0 Å². The highest BCUT2D eigenvalue weighted by Crippen LogP contribution is 2.44. The topological polar surface area (TPSA) is 131 Å². The maximum absolute atomic E-state index is 13.2. The van der Waals surface area contributed by atoms with Crippen LogP contribution in [0, 0.1) is 11.8 Å². The number of allylic oxidation sites excluding steroid dienone is 3. The second-order valence-electron chi connectivity index (χ2n) is 12.0. The number of rotatable bonds is 10. The Hall–Kier alpha value is -3.38. The Morgan fingerprint density at radius 2 is 1.95 bits per heavy atom. The van der Waals surface area contributed by atoms with Crippen LogP contribution >= 0.6 is 22.9 Å². The molecule has 1 aromatic rings. The summed E-state index contributed by atoms with van der Waals surface area (Å²) in [6.45, 7) is 7.53. The molecule has 44 heavy (non-hydrogen) atoms. The number of hydrogen-bond acceptors (Lipinski definition) is 10. The number of likely N-dealkylation sites (tertiary alicyclic amines) is 1. The van der Waals surface area contributed by atoms with E-state index >= 15 is 0 Å². The number of dihydropyridines is 1. The number of halogens is 1. The molecule has 0 bridgehead atoms. The molecule has 3 heterocycles. The van der Waals surface area contributed by atoms with E-state index < -0.39 is 18.2 Å². The van der Waals surface area contributed by atoms with Gasteiger partial charge in [0.15, 0.2) is 10.9 Å². The van der Waals surface area contributed by atoms with Crippen molar-refractivity contribution in [3.63, 3.8) is 0 Å². The lowest BCUT2D eigenvalue weighted by Crippen LogP contribution is -2.45. The summed E-state index contributed by atoms with van der Waals surface area (Å²) in [5.41, 5.74) is 1.90. The minimum absolute atomic E-state index is 0.0505. The quantitative estimate of drug-likeness (QED) is 0.358. The van der Waals surface area contributed by atoms with Gasteiger partial charge in [-0.15, -0.1) is 11.3 Å². The summed E-state index contributed by atoms with van der Waals surface area (Å²) in [6.07, 6.45) is 6.70. The fraction of sp³-hybridized carbons (Fsp3) is 0.581. The molecule has 0 spiro atoms. The zero-order chi connectivity index (χ0) is 31.5. The van der Waals surface area contributed by atoms with Crippen LogP contribution in [0.25, 0.3) is 0 Å². The summed E-state index contributed by atoms with van der Waals surface area (Å²) in [5, 5.41) is 8.98. The lowest BCUT2D eigenvalue weighted by atomic mass is 9.82. The highest BCUT2D eigenvalue weighted by molar-refractivity contribution is 7.13. The second kappa shape index (κ2) is 13.7. The van der Waals surface area contributed by atoms with E-state index in [1.165, 1.54) is 23.2 Å². The van der Waals surface area contributed by atoms with Crippen LogP contribution in [-0.4, -0.2) is 77.9 Å². The van der Waals surface area contributed by atoms with Crippen molar-refractivity contribution in [1.29, 1.82) is 0 Å². The van der Waals surface area contributed by atoms with E-state index in [1.807, 2.05) is 38.3 Å². The summed E-state index contributed by atoms with van der Waals surface area (Å²) in [6, 6.07) is -0.440. The second-order valence-corrected chi connectivity index (χ2v) is 13.2. The third-order valence-corrected chi connectivity index (χ3v) is 9.37. The van der Waals surface area contributed by atoms with E-state index in [-0.39, 0.29) is 48.8 Å². The first-order valence-corrected chi connectivity index (χ1v) is 16.4. The van der Waals surface area contributed by atoms with Crippen molar-refractivity contribution in [3.05, 3.63) is 45.5 Å². The van der Waals surface area contributed by atoms with E-state index in [0.717, 1.165) is 30.8 Å². The number of thiazole rings is 1. The molecule has 1 aromatic heterocycles. The first-order valence-electron chi connectivity index (χ1n) is 15.1. The Labute approximate surface area is 266 Å². The van der Waals surface area contributed by atoms with Gasteiger partial charge in [-0.3, -0.25) is 9.59 Å². The van der Waals surface area contributed by atoms with Crippen LogP contribution < -0.4 is 10.6 Å². The average molecular weight is 646 g/mol. The van der Waals surface area contributed by atoms with Crippen molar-refractivity contribution >= 4 is 51.6 Å². The molecule has 2 amide bonds. The van der Waals surface area contributed by atoms with Crippen molar-refractivity contribution in [2.24, 2.45) is 16.8 Å². The lowest BCUT2D eigenvalue weighted by molar-refractivity contribution is -0.136. The molecule has 2 fully saturated rings.